The van der Waals surface area contributed by atoms with Crippen LogP contribution in [0.3, 0.4) is 0 Å². The van der Waals surface area contributed by atoms with Crippen molar-refractivity contribution in [2.75, 3.05) is 0 Å². The number of hydrogen-bond acceptors (Lipinski definition) is 2. The van der Waals surface area contributed by atoms with Crippen LogP contribution in [0.2, 0.25) is 0 Å². The van der Waals surface area contributed by atoms with Gasteiger partial charge < -0.3 is 10.2 Å². The lowest BCUT2D eigenvalue weighted by atomic mass is 9.95. The molecule has 0 saturated carbocycles. The number of phenols is 1. The molecule has 78 valence electrons. The highest BCUT2D eigenvalue weighted by atomic mass is 16.4. The van der Waals surface area contributed by atoms with Crippen LogP contribution in [-0.2, 0) is 11.2 Å². The van der Waals surface area contributed by atoms with E-state index in [4.69, 9.17) is 5.11 Å². The Kier molecular flexibility index (Phi) is 2.23. The Morgan fingerprint density at radius 2 is 2.20 bits per heavy atom. The van der Waals surface area contributed by atoms with Gasteiger partial charge in [-0.15, -0.1) is 0 Å². The molecule has 15 heavy (non-hydrogen) atoms. The highest BCUT2D eigenvalue weighted by molar-refractivity contribution is 5.90. The Bertz CT molecular complexity index is 446. The number of carboxylic acid groups (broad SMARTS) is 1. The van der Waals surface area contributed by atoms with E-state index in [-0.39, 0.29) is 5.75 Å². The third kappa shape index (κ3) is 1.50. The first-order valence-corrected chi connectivity index (χ1v) is 4.85. The van der Waals surface area contributed by atoms with Crippen LogP contribution in [0.1, 0.15) is 18.1 Å². The fourth-order valence-electron chi connectivity index (χ4n) is 1.92. The molecule has 3 heteroatoms. The zero-order valence-electron chi connectivity index (χ0n) is 8.40. The van der Waals surface area contributed by atoms with E-state index in [2.05, 4.69) is 0 Å². The molecule has 1 aliphatic rings. The number of allylic oxidation sites excluding steroid dienone is 1. The topological polar surface area (TPSA) is 57.5 Å². The Morgan fingerprint density at radius 3 is 2.87 bits per heavy atom. The smallest absolute Gasteiger partial charge is 0.310 e. The Morgan fingerprint density at radius 1 is 1.47 bits per heavy atom. The number of aromatic hydroxyl groups is 1. The van der Waals surface area contributed by atoms with E-state index in [1.807, 2.05) is 12.1 Å². The van der Waals surface area contributed by atoms with Gasteiger partial charge in [-0.25, -0.2) is 0 Å². The maximum atomic E-state index is 10.9. The number of phenolic OH excluding ortho intramolecular Hbond substituents is 1. The normalized spacial score (nSPS) is 15.7. The fourth-order valence-corrected chi connectivity index (χ4v) is 1.92. The highest BCUT2D eigenvalue weighted by Crippen LogP contribution is 2.37. The summed E-state index contributed by atoms with van der Waals surface area (Å²) in [6.45, 7) is 1.66. The van der Waals surface area contributed by atoms with Crippen molar-refractivity contribution in [2.24, 2.45) is 5.92 Å². The first kappa shape index (κ1) is 9.77. The van der Waals surface area contributed by atoms with E-state index in [1.54, 1.807) is 19.1 Å². The molecule has 2 rings (SSSR count). The van der Waals surface area contributed by atoms with Crippen molar-refractivity contribution in [3.8, 4) is 5.75 Å². The highest BCUT2D eigenvalue weighted by Gasteiger charge is 2.24. The fraction of sp³-hybridized carbons (Fsp3) is 0.250. The third-order valence-electron chi connectivity index (χ3n) is 2.83. The van der Waals surface area contributed by atoms with Crippen molar-refractivity contribution >= 4 is 11.5 Å². The summed E-state index contributed by atoms with van der Waals surface area (Å²) in [4.78, 5) is 10.9. The second-order valence-corrected chi connectivity index (χ2v) is 3.73. The lowest BCUT2D eigenvalue weighted by molar-refractivity contribution is -0.139. The van der Waals surface area contributed by atoms with Gasteiger partial charge in [-0.1, -0.05) is 18.2 Å². The average molecular weight is 204 g/mol. The first-order valence-electron chi connectivity index (χ1n) is 4.85. The van der Waals surface area contributed by atoms with Crippen LogP contribution in [0.25, 0.3) is 5.57 Å². The summed E-state index contributed by atoms with van der Waals surface area (Å²) in [6, 6.07) is 5.22. The number of benzene rings is 1. The summed E-state index contributed by atoms with van der Waals surface area (Å²) in [5.41, 5.74) is 2.50. The van der Waals surface area contributed by atoms with Crippen molar-refractivity contribution in [1.82, 2.24) is 0 Å². The number of aliphatic carboxylic acids is 1. The SMILES string of the molecule is CC(C(=O)O)C1=CCc2c(O)cccc21. The molecule has 3 nitrogen and oxygen atoms in total. The minimum atomic E-state index is -0.836. The number of rotatable bonds is 2. The predicted octanol–water partition coefficient (Wildman–Crippen LogP) is 2.05. The second-order valence-electron chi connectivity index (χ2n) is 3.73. The van der Waals surface area contributed by atoms with E-state index in [0.717, 1.165) is 16.7 Å². The molecule has 0 bridgehead atoms. The molecule has 1 atom stereocenters. The van der Waals surface area contributed by atoms with E-state index in [0.29, 0.717) is 6.42 Å². The molecule has 1 aliphatic carbocycles. The maximum absolute atomic E-state index is 10.9. The summed E-state index contributed by atoms with van der Waals surface area (Å²) >= 11 is 0. The van der Waals surface area contributed by atoms with E-state index in [9.17, 15) is 9.90 Å². The van der Waals surface area contributed by atoms with Crippen LogP contribution in [0.4, 0.5) is 0 Å². The Hall–Kier alpha value is -1.77. The minimum Gasteiger partial charge on any atom is -0.508 e. The Labute approximate surface area is 87.7 Å². The van der Waals surface area contributed by atoms with Crippen molar-refractivity contribution in [1.29, 1.82) is 0 Å². The zero-order valence-corrected chi connectivity index (χ0v) is 8.40. The minimum absolute atomic E-state index is 0.247. The van der Waals surface area contributed by atoms with E-state index < -0.39 is 11.9 Å². The van der Waals surface area contributed by atoms with Gasteiger partial charge in [-0.2, -0.15) is 0 Å². The van der Waals surface area contributed by atoms with Crippen LogP contribution in [0.15, 0.2) is 24.3 Å². The second kappa shape index (κ2) is 3.42. The van der Waals surface area contributed by atoms with Crippen LogP contribution in [0, 0.1) is 5.92 Å². The van der Waals surface area contributed by atoms with Crippen LogP contribution in [0.5, 0.6) is 5.75 Å². The summed E-state index contributed by atoms with van der Waals surface area (Å²) in [7, 11) is 0. The average Bonchev–Trinajstić information content (AvgIpc) is 2.61. The quantitative estimate of drug-likeness (QED) is 0.775. The van der Waals surface area contributed by atoms with Gasteiger partial charge in [0.15, 0.2) is 0 Å². The molecule has 1 aromatic rings. The molecule has 0 radical (unpaired) electrons. The van der Waals surface area contributed by atoms with E-state index >= 15 is 0 Å². The molecule has 0 saturated heterocycles. The van der Waals surface area contributed by atoms with Gasteiger partial charge >= 0.3 is 5.97 Å². The molecule has 0 aromatic heterocycles. The molecule has 1 unspecified atom stereocenters. The van der Waals surface area contributed by atoms with Crippen LogP contribution in [-0.4, -0.2) is 16.2 Å². The van der Waals surface area contributed by atoms with E-state index in [1.165, 1.54) is 0 Å². The standard InChI is InChI=1S/C12H12O3/c1-7(12(14)15)8-5-6-10-9(8)3-2-4-11(10)13/h2-5,7,13H,6H2,1H3,(H,14,15). The van der Waals surface area contributed by atoms with Gasteiger partial charge in [-0.05, 0) is 30.5 Å². The Balaban J connectivity index is 2.43. The van der Waals surface area contributed by atoms with Gasteiger partial charge in [0.05, 0.1) is 5.92 Å². The molecular formula is C12H12O3. The summed E-state index contributed by atoms with van der Waals surface area (Å²) < 4.78 is 0. The van der Waals surface area contributed by atoms with Gasteiger partial charge in [-0.3, -0.25) is 4.79 Å². The number of carboxylic acids is 1. The van der Waals surface area contributed by atoms with Gasteiger partial charge in [0.2, 0.25) is 0 Å². The van der Waals surface area contributed by atoms with Crippen molar-refractivity contribution in [3.05, 3.63) is 35.4 Å². The van der Waals surface area contributed by atoms with Crippen LogP contribution >= 0.6 is 0 Å². The monoisotopic (exact) mass is 204 g/mol. The summed E-state index contributed by atoms with van der Waals surface area (Å²) in [5, 5.41) is 18.5. The lowest BCUT2D eigenvalue weighted by Crippen LogP contribution is -2.10. The number of fused-ring (bicyclic) bond motifs is 1. The maximum Gasteiger partial charge on any atom is 0.310 e. The van der Waals surface area contributed by atoms with Gasteiger partial charge in [0.25, 0.3) is 0 Å². The predicted molar refractivity (Wildman–Crippen MR) is 56.6 cm³/mol. The zero-order chi connectivity index (χ0) is 11.0. The molecule has 0 fully saturated rings. The molecule has 2 N–H and O–H groups in total. The molecule has 1 aromatic carbocycles. The summed E-state index contributed by atoms with van der Waals surface area (Å²) in [6.07, 6.45) is 2.50. The number of carbonyl (C=O) groups is 1. The largest absolute Gasteiger partial charge is 0.508 e. The van der Waals surface area contributed by atoms with Crippen molar-refractivity contribution in [3.63, 3.8) is 0 Å². The summed E-state index contributed by atoms with van der Waals surface area (Å²) in [5.74, 6) is -1.11. The molecule has 0 amide bonds. The third-order valence-corrected chi connectivity index (χ3v) is 2.83. The van der Waals surface area contributed by atoms with Crippen LogP contribution < -0.4 is 0 Å². The molecular weight excluding hydrogens is 192 g/mol. The molecule has 0 spiro atoms. The lowest BCUT2D eigenvalue weighted by Gasteiger charge is -2.10. The first-order chi connectivity index (χ1) is 7.11. The van der Waals surface area contributed by atoms with Crippen molar-refractivity contribution in [2.45, 2.75) is 13.3 Å². The molecule has 0 heterocycles. The van der Waals surface area contributed by atoms with Gasteiger partial charge in [0.1, 0.15) is 5.75 Å². The molecule has 0 aliphatic heterocycles. The van der Waals surface area contributed by atoms with Gasteiger partial charge in [0, 0.05) is 5.56 Å². The number of hydrogen-bond donors (Lipinski definition) is 2. The van der Waals surface area contributed by atoms with Crippen molar-refractivity contribution < 1.29 is 15.0 Å².